The Kier molecular flexibility index (Phi) is 9.63. The maximum Gasteiger partial charge on any atom is 0.293 e. The molecule has 0 aliphatic carbocycles. The van der Waals surface area contributed by atoms with E-state index in [0.717, 1.165) is 28.3 Å². The molecule has 5 aromatic rings. The fraction of sp³-hybridized carbons (Fsp3) is 0.0323. The summed E-state index contributed by atoms with van der Waals surface area (Å²) in [6, 6.07) is 36.2. The molecule has 0 saturated heterocycles. The van der Waals surface area contributed by atoms with Crippen molar-refractivity contribution in [2.45, 2.75) is 0 Å². The molecule has 5 rings (SSSR count). The largest absolute Gasteiger partial charge is 0.497 e. The van der Waals surface area contributed by atoms with E-state index in [0.29, 0.717) is 15.8 Å². The summed E-state index contributed by atoms with van der Waals surface area (Å²) in [5.74, 6) is 0.746. The van der Waals surface area contributed by atoms with Crippen LogP contribution in [-0.2, 0) is 0 Å². The fourth-order valence-corrected chi connectivity index (χ4v) is 4.22. The fourth-order valence-electron chi connectivity index (χ4n) is 3.87. The van der Waals surface area contributed by atoms with Gasteiger partial charge in [0.15, 0.2) is 0 Å². The Hall–Kier alpha value is -5.22. The Morgan fingerprint density at radius 3 is 1.56 bits per heavy atom. The SMILES string of the molecule is COc1ccc(-c2ccc(Nc3ccccc3)c([N+](=O)[O-])c2)cc1.O=[N+]([O-])c1cc(Br)ccc1Nc1ccccc1. The maximum absolute atomic E-state index is 11.4. The molecular weight excluding hydrogens is 588 g/mol. The highest BCUT2D eigenvalue weighted by atomic mass is 79.9. The van der Waals surface area contributed by atoms with Crippen molar-refractivity contribution in [1.82, 2.24) is 0 Å². The van der Waals surface area contributed by atoms with Crippen molar-refractivity contribution in [1.29, 1.82) is 0 Å². The molecule has 0 bridgehead atoms. The van der Waals surface area contributed by atoms with Gasteiger partial charge < -0.3 is 15.4 Å². The van der Waals surface area contributed by atoms with Crippen LogP contribution < -0.4 is 15.4 Å². The van der Waals surface area contributed by atoms with Gasteiger partial charge in [0.2, 0.25) is 0 Å². The van der Waals surface area contributed by atoms with Gasteiger partial charge in [0.1, 0.15) is 17.1 Å². The summed E-state index contributed by atoms with van der Waals surface area (Å²) in [6.45, 7) is 0. The van der Waals surface area contributed by atoms with Crippen LogP contribution >= 0.6 is 15.9 Å². The summed E-state index contributed by atoms with van der Waals surface area (Å²) in [6.07, 6.45) is 0. The summed E-state index contributed by atoms with van der Waals surface area (Å²) < 4.78 is 5.82. The molecule has 0 unspecified atom stereocenters. The highest BCUT2D eigenvalue weighted by Gasteiger charge is 2.16. The van der Waals surface area contributed by atoms with Gasteiger partial charge in [-0.25, -0.2) is 0 Å². The lowest BCUT2D eigenvalue weighted by Gasteiger charge is -2.09. The molecule has 206 valence electrons. The van der Waals surface area contributed by atoms with Crippen molar-refractivity contribution in [2.24, 2.45) is 0 Å². The predicted octanol–water partition coefficient (Wildman–Crippen LogP) is 9.11. The molecule has 0 amide bonds. The lowest BCUT2D eigenvalue weighted by molar-refractivity contribution is -0.384. The van der Waals surface area contributed by atoms with Crippen LogP contribution in [0.25, 0.3) is 11.1 Å². The Labute approximate surface area is 244 Å². The second-order valence-corrected chi connectivity index (χ2v) is 9.53. The third kappa shape index (κ3) is 7.90. The van der Waals surface area contributed by atoms with Crippen molar-refractivity contribution in [2.75, 3.05) is 17.7 Å². The first-order chi connectivity index (χ1) is 19.8. The number of para-hydroxylation sites is 2. The van der Waals surface area contributed by atoms with Crippen molar-refractivity contribution in [3.05, 3.63) is 146 Å². The van der Waals surface area contributed by atoms with Crippen LogP contribution in [0, 0.1) is 20.2 Å². The van der Waals surface area contributed by atoms with E-state index in [4.69, 9.17) is 4.74 Å². The first-order valence-corrected chi connectivity index (χ1v) is 13.1. The summed E-state index contributed by atoms with van der Waals surface area (Å²) >= 11 is 3.22. The van der Waals surface area contributed by atoms with Crippen molar-refractivity contribution in [3.63, 3.8) is 0 Å². The van der Waals surface area contributed by atoms with Crippen LogP contribution in [0.1, 0.15) is 0 Å². The number of methoxy groups -OCH3 is 1. The lowest BCUT2D eigenvalue weighted by atomic mass is 10.0. The summed E-state index contributed by atoms with van der Waals surface area (Å²) in [5.41, 5.74) is 4.31. The second-order valence-electron chi connectivity index (χ2n) is 8.62. The number of rotatable bonds is 8. The molecule has 10 heteroatoms. The molecule has 0 atom stereocenters. The number of benzene rings is 5. The average Bonchev–Trinajstić information content (AvgIpc) is 2.99. The lowest BCUT2D eigenvalue weighted by Crippen LogP contribution is -1.97. The van der Waals surface area contributed by atoms with Gasteiger partial charge in [-0.15, -0.1) is 0 Å². The maximum atomic E-state index is 11.4. The molecule has 0 radical (unpaired) electrons. The van der Waals surface area contributed by atoms with Gasteiger partial charge in [0.25, 0.3) is 11.4 Å². The monoisotopic (exact) mass is 612 g/mol. The average molecular weight is 613 g/mol. The second kappa shape index (κ2) is 13.7. The van der Waals surface area contributed by atoms with Crippen molar-refractivity contribution in [3.8, 4) is 16.9 Å². The highest BCUT2D eigenvalue weighted by molar-refractivity contribution is 9.10. The van der Waals surface area contributed by atoms with Gasteiger partial charge in [0.05, 0.1) is 17.0 Å². The zero-order chi connectivity index (χ0) is 29.2. The van der Waals surface area contributed by atoms with E-state index in [1.54, 1.807) is 31.4 Å². The van der Waals surface area contributed by atoms with E-state index in [1.807, 2.05) is 91.0 Å². The van der Waals surface area contributed by atoms with E-state index in [2.05, 4.69) is 26.6 Å². The summed E-state index contributed by atoms with van der Waals surface area (Å²) in [7, 11) is 1.60. The van der Waals surface area contributed by atoms with Gasteiger partial charge in [-0.2, -0.15) is 0 Å². The molecule has 2 N–H and O–H groups in total. The number of nitrogens with one attached hydrogen (secondary N) is 2. The van der Waals surface area contributed by atoms with Gasteiger partial charge in [0, 0.05) is 28.0 Å². The Balaban J connectivity index is 0.000000201. The number of hydrogen-bond donors (Lipinski definition) is 2. The van der Waals surface area contributed by atoms with Crippen LogP contribution in [0.2, 0.25) is 0 Å². The first-order valence-electron chi connectivity index (χ1n) is 12.3. The Morgan fingerprint density at radius 1 is 0.610 bits per heavy atom. The van der Waals surface area contributed by atoms with E-state index in [9.17, 15) is 20.2 Å². The van der Waals surface area contributed by atoms with Crippen LogP contribution in [0.5, 0.6) is 5.75 Å². The van der Waals surface area contributed by atoms with E-state index in [-0.39, 0.29) is 16.3 Å². The Bertz CT molecular complexity index is 1630. The third-order valence-electron chi connectivity index (χ3n) is 5.88. The molecule has 41 heavy (non-hydrogen) atoms. The summed E-state index contributed by atoms with van der Waals surface area (Å²) in [4.78, 5) is 21.6. The van der Waals surface area contributed by atoms with Crippen molar-refractivity contribution >= 4 is 50.1 Å². The van der Waals surface area contributed by atoms with Gasteiger partial charge in [-0.05, 0) is 65.7 Å². The van der Waals surface area contributed by atoms with Gasteiger partial charge >= 0.3 is 0 Å². The van der Waals surface area contributed by atoms with Crippen LogP contribution in [0.4, 0.5) is 34.1 Å². The zero-order valence-corrected chi connectivity index (χ0v) is 23.4. The standard InChI is InChI=1S/C19H16N2O3.C12H9BrN2O2/c1-24-17-10-7-14(8-11-17)15-9-12-18(19(13-15)21(22)23)20-16-5-3-2-4-6-16;13-9-6-7-11(12(8-9)15(16)17)14-10-4-2-1-3-5-10/h2-13,20H,1H3;1-8,14H. The molecule has 0 heterocycles. The normalized spacial score (nSPS) is 10.1. The van der Waals surface area contributed by atoms with Crippen molar-refractivity contribution < 1.29 is 14.6 Å². The molecule has 0 aliphatic heterocycles. The minimum absolute atomic E-state index is 0.0344. The number of nitrogens with zero attached hydrogens (tertiary/aromatic N) is 2. The van der Waals surface area contributed by atoms with Crippen LogP contribution in [-0.4, -0.2) is 17.0 Å². The Morgan fingerprint density at radius 2 is 1.07 bits per heavy atom. The number of nitro groups is 2. The zero-order valence-electron chi connectivity index (χ0n) is 21.9. The molecule has 0 aliphatic rings. The first kappa shape index (κ1) is 28.8. The summed E-state index contributed by atoms with van der Waals surface area (Å²) in [5, 5.41) is 28.5. The smallest absolute Gasteiger partial charge is 0.293 e. The topological polar surface area (TPSA) is 120 Å². The molecular formula is C31H25BrN4O5. The van der Waals surface area contributed by atoms with Crippen LogP contribution in [0.15, 0.2) is 126 Å². The van der Waals surface area contributed by atoms with Crippen LogP contribution in [0.3, 0.4) is 0 Å². The van der Waals surface area contributed by atoms with E-state index < -0.39 is 4.92 Å². The molecule has 5 aromatic carbocycles. The van der Waals surface area contributed by atoms with Gasteiger partial charge in [-0.3, -0.25) is 20.2 Å². The molecule has 9 nitrogen and oxygen atoms in total. The minimum atomic E-state index is -0.407. The number of nitro benzene ring substituents is 2. The highest BCUT2D eigenvalue weighted by Crippen LogP contribution is 2.33. The predicted molar refractivity (Wildman–Crippen MR) is 165 cm³/mol. The number of ether oxygens (including phenoxy) is 1. The van der Waals surface area contributed by atoms with E-state index in [1.165, 1.54) is 6.07 Å². The number of anilines is 4. The number of halogens is 1. The molecule has 0 saturated carbocycles. The van der Waals surface area contributed by atoms with E-state index >= 15 is 0 Å². The molecule has 0 aromatic heterocycles. The number of hydrogen-bond acceptors (Lipinski definition) is 7. The molecule has 0 spiro atoms. The molecule has 0 fully saturated rings. The van der Waals surface area contributed by atoms with Gasteiger partial charge in [-0.1, -0.05) is 70.5 Å². The minimum Gasteiger partial charge on any atom is -0.497 e. The quantitative estimate of drug-likeness (QED) is 0.132. The third-order valence-corrected chi connectivity index (χ3v) is 6.37.